The molecular weight excluding hydrogens is 438 g/mol. The Kier molecular flexibility index (Phi) is 8.15. The second-order valence-corrected chi connectivity index (χ2v) is 6.75. The number of carbonyl (C=O) groups excluding carboxylic acids is 4. The van der Waals surface area contributed by atoms with Gasteiger partial charge in [0.05, 0.1) is 11.3 Å². The van der Waals surface area contributed by atoms with Crippen LogP contribution in [0.4, 0.5) is 11.4 Å². The predicted molar refractivity (Wildman–Crippen MR) is 113 cm³/mol. The minimum absolute atomic E-state index is 0.0262. The smallest absolute Gasteiger partial charge is 0.313 e. The van der Waals surface area contributed by atoms with Crippen LogP contribution in [0.2, 0.25) is 0 Å². The molecule has 2 rings (SSSR count). The molecule has 0 aliphatic heterocycles. The first-order valence-electron chi connectivity index (χ1n) is 9.33. The fraction of sp³-hybridized carbons (Fsp3) is 0.150. The summed E-state index contributed by atoms with van der Waals surface area (Å²) in [7, 11) is 0. The van der Waals surface area contributed by atoms with Crippen LogP contribution in [0.5, 0.6) is 0 Å². The third kappa shape index (κ3) is 7.43. The lowest BCUT2D eigenvalue weighted by Crippen LogP contribution is -2.42. The molecule has 0 saturated carbocycles. The van der Waals surface area contributed by atoms with Crippen LogP contribution in [-0.2, 0) is 19.2 Å². The molecule has 2 aromatic rings. The molecule has 33 heavy (non-hydrogen) atoms. The van der Waals surface area contributed by atoms with Gasteiger partial charge in [0.1, 0.15) is 0 Å². The molecule has 0 heterocycles. The lowest BCUT2D eigenvalue weighted by molar-refractivity contribution is -0.384. The molecule has 0 aliphatic carbocycles. The van der Waals surface area contributed by atoms with Crippen LogP contribution in [0, 0.1) is 10.1 Å². The number of hydrogen-bond acceptors (Lipinski definition) is 7. The van der Waals surface area contributed by atoms with Crippen molar-refractivity contribution < 1.29 is 34.0 Å². The summed E-state index contributed by atoms with van der Waals surface area (Å²) in [6, 6.07) is 10.7. The number of carboxylic acids is 1. The van der Waals surface area contributed by atoms with Crippen LogP contribution in [0.15, 0.2) is 48.5 Å². The van der Waals surface area contributed by atoms with Crippen molar-refractivity contribution in [1.82, 2.24) is 10.9 Å². The number of aliphatic carboxylic acids is 1. The highest BCUT2D eigenvalue weighted by Gasteiger charge is 2.22. The molecule has 13 nitrogen and oxygen atoms in total. The summed E-state index contributed by atoms with van der Waals surface area (Å²) in [5.74, 6) is -5.88. The number of nitro groups is 1. The van der Waals surface area contributed by atoms with E-state index in [1.54, 1.807) is 0 Å². The third-order valence-corrected chi connectivity index (χ3v) is 4.33. The van der Waals surface area contributed by atoms with Gasteiger partial charge in [0.25, 0.3) is 11.6 Å². The zero-order valence-corrected chi connectivity index (χ0v) is 16.9. The molecule has 2 aromatic carbocycles. The number of nitrogens with two attached hydrogens (primary N) is 1. The standard InChI is InChI=1S/C20H19N5O8/c21-18(29)20(31)22-14-5-1-4-12(7-14)19(30)24-23-16(26)9-13(10-17(27)28)11-3-2-6-15(8-11)25(32)33/h1-8,13H,9-10H2,(H2,21,29)(H,22,31)(H,23,26)(H,24,30)(H,27,28). The number of rotatable bonds is 8. The molecule has 0 aromatic heterocycles. The Bertz CT molecular complexity index is 1120. The van der Waals surface area contributed by atoms with Crippen LogP contribution in [-0.4, -0.2) is 39.6 Å². The molecule has 172 valence electrons. The topological polar surface area (TPSA) is 211 Å². The zero-order valence-electron chi connectivity index (χ0n) is 16.9. The maximum atomic E-state index is 12.3. The van der Waals surface area contributed by atoms with E-state index in [0.29, 0.717) is 0 Å². The Labute approximate surface area is 186 Å². The van der Waals surface area contributed by atoms with E-state index in [1.165, 1.54) is 48.5 Å². The summed E-state index contributed by atoms with van der Waals surface area (Å²) in [5.41, 5.74) is 9.31. The van der Waals surface area contributed by atoms with E-state index in [1.807, 2.05) is 0 Å². The summed E-state index contributed by atoms with van der Waals surface area (Å²) in [4.78, 5) is 68.2. The van der Waals surface area contributed by atoms with Crippen molar-refractivity contribution in [2.24, 2.45) is 5.73 Å². The molecule has 6 N–H and O–H groups in total. The molecule has 1 unspecified atom stereocenters. The second-order valence-electron chi connectivity index (χ2n) is 6.75. The van der Waals surface area contributed by atoms with E-state index in [2.05, 4.69) is 16.2 Å². The van der Waals surface area contributed by atoms with Gasteiger partial charge in [-0.15, -0.1) is 0 Å². The molecule has 0 bridgehead atoms. The minimum Gasteiger partial charge on any atom is -0.481 e. The van der Waals surface area contributed by atoms with Crippen molar-refractivity contribution in [2.75, 3.05) is 5.32 Å². The third-order valence-electron chi connectivity index (χ3n) is 4.33. The number of nitrogens with one attached hydrogen (secondary N) is 3. The van der Waals surface area contributed by atoms with Crippen molar-refractivity contribution in [3.8, 4) is 0 Å². The predicted octanol–water partition coefficient (Wildman–Crippen LogP) is 0.428. The van der Waals surface area contributed by atoms with E-state index < -0.39 is 46.9 Å². The van der Waals surface area contributed by atoms with E-state index >= 15 is 0 Å². The van der Waals surface area contributed by atoms with Gasteiger partial charge in [0.2, 0.25) is 5.91 Å². The average molecular weight is 457 g/mol. The molecular formula is C20H19N5O8. The van der Waals surface area contributed by atoms with Crippen molar-refractivity contribution >= 4 is 41.0 Å². The number of anilines is 1. The van der Waals surface area contributed by atoms with E-state index in [4.69, 9.17) is 10.8 Å². The van der Waals surface area contributed by atoms with E-state index in [-0.39, 0.29) is 28.9 Å². The first-order valence-corrected chi connectivity index (χ1v) is 9.33. The van der Waals surface area contributed by atoms with Crippen LogP contribution in [0.3, 0.4) is 0 Å². The van der Waals surface area contributed by atoms with Crippen LogP contribution in [0.1, 0.15) is 34.7 Å². The largest absolute Gasteiger partial charge is 0.481 e. The Morgan fingerprint density at radius 3 is 2.33 bits per heavy atom. The summed E-state index contributed by atoms with van der Waals surface area (Å²) in [5, 5.41) is 22.3. The number of nitro benzene ring substituents is 1. The van der Waals surface area contributed by atoms with Gasteiger partial charge in [-0.2, -0.15) is 0 Å². The minimum atomic E-state index is -1.21. The molecule has 0 spiro atoms. The highest BCUT2D eigenvalue weighted by atomic mass is 16.6. The first-order chi connectivity index (χ1) is 15.6. The van der Waals surface area contributed by atoms with Gasteiger partial charge in [-0.25, -0.2) is 0 Å². The van der Waals surface area contributed by atoms with Crippen LogP contribution < -0.4 is 21.9 Å². The molecule has 1 atom stereocenters. The highest BCUT2D eigenvalue weighted by molar-refractivity contribution is 6.39. The van der Waals surface area contributed by atoms with Crippen molar-refractivity contribution in [1.29, 1.82) is 0 Å². The molecule has 0 fully saturated rings. The quantitative estimate of drug-likeness (QED) is 0.212. The number of nitrogens with zero attached hydrogens (tertiary/aromatic N) is 1. The summed E-state index contributed by atoms with van der Waals surface area (Å²) < 4.78 is 0. The highest BCUT2D eigenvalue weighted by Crippen LogP contribution is 2.26. The molecule has 0 saturated heterocycles. The number of amides is 4. The number of primary amides is 1. The monoisotopic (exact) mass is 457 g/mol. The van der Waals surface area contributed by atoms with Gasteiger partial charge in [-0.1, -0.05) is 18.2 Å². The SMILES string of the molecule is NC(=O)C(=O)Nc1cccc(C(=O)NNC(=O)CC(CC(=O)O)c2cccc([N+](=O)[O-])c2)c1. The Morgan fingerprint density at radius 1 is 1.00 bits per heavy atom. The normalized spacial score (nSPS) is 11.0. The van der Waals surface area contributed by atoms with Crippen LogP contribution in [0.25, 0.3) is 0 Å². The second kappa shape index (κ2) is 11.0. The van der Waals surface area contributed by atoms with Gasteiger partial charge >= 0.3 is 17.8 Å². The molecule has 4 amide bonds. The number of carboxylic acid groups (broad SMARTS) is 1. The summed E-state index contributed by atoms with van der Waals surface area (Å²) >= 11 is 0. The van der Waals surface area contributed by atoms with E-state index in [9.17, 15) is 34.1 Å². The number of hydrogen-bond donors (Lipinski definition) is 5. The van der Waals surface area contributed by atoms with Gasteiger partial charge in [0, 0.05) is 35.7 Å². The van der Waals surface area contributed by atoms with Crippen molar-refractivity contribution in [3.05, 3.63) is 69.8 Å². The number of carbonyl (C=O) groups is 5. The molecule has 13 heteroatoms. The van der Waals surface area contributed by atoms with Gasteiger partial charge < -0.3 is 16.2 Å². The number of hydrazine groups is 1. The Balaban J connectivity index is 2.03. The van der Waals surface area contributed by atoms with Gasteiger partial charge in [-0.05, 0) is 23.8 Å². The fourth-order valence-electron chi connectivity index (χ4n) is 2.82. The summed E-state index contributed by atoms with van der Waals surface area (Å²) in [6.07, 6.45) is -0.841. The van der Waals surface area contributed by atoms with Crippen molar-refractivity contribution in [3.63, 3.8) is 0 Å². The lowest BCUT2D eigenvalue weighted by atomic mass is 9.92. The maximum absolute atomic E-state index is 12.3. The fourth-order valence-corrected chi connectivity index (χ4v) is 2.82. The molecule has 0 radical (unpaired) electrons. The van der Waals surface area contributed by atoms with Gasteiger partial charge in [0.15, 0.2) is 0 Å². The molecule has 0 aliphatic rings. The number of benzene rings is 2. The Morgan fingerprint density at radius 2 is 1.70 bits per heavy atom. The lowest BCUT2D eigenvalue weighted by Gasteiger charge is -2.15. The maximum Gasteiger partial charge on any atom is 0.313 e. The number of non-ortho nitro benzene ring substituents is 1. The van der Waals surface area contributed by atoms with E-state index in [0.717, 1.165) is 0 Å². The van der Waals surface area contributed by atoms with Crippen LogP contribution >= 0.6 is 0 Å². The van der Waals surface area contributed by atoms with Crippen molar-refractivity contribution in [2.45, 2.75) is 18.8 Å². The average Bonchev–Trinajstić information content (AvgIpc) is 2.76. The Hall–Kier alpha value is -4.81. The van der Waals surface area contributed by atoms with Gasteiger partial charge in [-0.3, -0.25) is 44.9 Å². The summed E-state index contributed by atoms with van der Waals surface area (Å²) in [6.45, 7) is 0. The first kappa shape index (κ1) is 24.5. The zero-order chi connectivity index (χ0) is 24.5.